The maximum Gasteiger partial charge on any atom is 0.251 e. The minimum absolute atomic E-state index is 0.0513. The molecule has 3 aromatic rings. The van der Waals surface area contributed by atoms with Crippen LogP contribution in [-0.4, -0.2) is 22.4 Å². The molecule has 3 aliphatic carbocycles. The fraction of sp³-hybridized carbons (Fsp3) is 0.444. The number of nitrogens with one attached hydrogen (secondary N) is 2. The van der Waals surface area contributed by atoms with E-state index in [1.54, 1.807) is 17.5 Å². The van der Waals surface area contributed by atoms with Crippen LogP contribution in [0.15, 0.2) is 48.8 Å². The molecule has 2 bridgehead atoms. The molecule has 1 aromatic carbocycles. The molecule has 6 rings (SSSR count). The SMILES string of the molecule is Cc1ccc(Cc2cnc(Nc3ccccn3)s2)cc1C(=O)NC[C@@H]1CC[C@H]2C[C@@H]1C2(C)C. The Morgan fingerprint density at radius 3 is 2.82 bits per heavy atom. The Balaban J connectivity index is 1.21. The third-order valence-corrected chi connectivity index (χ3v) is 8.82. The van der Waals surface area contributed by atoms with Gasteiger partial charge in [-0.3, -0.25) is 4.79 Å². The van der Waals surface area contributed by atoms with E-state index in [1.165, 1.54) is 19.3 Å². The molecule has 5 nitrogen and oxygen atoms in total. The van der Waals surface area contributed by atoms with Crippen LogP contribution in [0.5, 0.6) is 0 Å². The number of thiazole rings is 1. The summed E-state index contributed by atoms with van der Waals surface area (Å²) in [4.78, 5) is 23.0. The summed E-state index contributed by atoms with van der Waals surface area (Å²) in [6, 6.07) is 12.0. The predicted molar refractivity (Wildman–Crippen MR) is 134 cm³/mol. The monoisotopic (exact) mass is 460 g/mol. The van der Waals surface area contributed by atoms with Crippen LogP contribution < -0.4 is 10.6 Å². The highest BCUT2D eigenvalue weighted by Gasteiger charge is 2.53. The molecule has 3 saturated carbocycles. The van der Waals surface area contributed by atoms with E-state index in [9.17, 15) is 4.79 Å². The first kappa shape index (κ1) is 22.1. The highest BCUT2D eigenvalue weighted by molar-refractivity contribution is 7.15. The number of rotatable bonds is 7. The zero-order valence-electron chi connectivity index (χ0n) is 19.6. The summed E-state index contributed by atoms with van der Waals surface area (Å²) in [6.07, 6.45) is 8.30. The summed E-state index contributed by atoms with van der Waals surface area (Å²) in [5, 5.41) is 7.32. The lowest BCUT2D eigenvalue weighted by Crippen LogP contribution is -2.54. The van der Waals surface area contributed by atoms with Gasteiger partial charge in [0.1, 0.15) is 5.82 Å². The number of carbonyl (C=O) groups excluding carboxylic acids is 1. The summed E-state index contributed by atoms with van der Waals surface area (Å²) in [5.74, 6) is 3.09. The Hall–Kier alpha value is -2.73. The van der Waals surface area contributed by atoms with Crippen molar-refractivity contribution in [3.63, 3.8) is 0 Å². The normalized spacial score (nSPS) is 22.9. The Bertz CT molecular complexity index is 1140. The molecule has 0 radical (unpaired) electrons. The van der Waals surface area contributed by atoms with Crippen molar-refractivity contribution in [3.8, 4) is 0 Å². The first-order valence-corrected chi connectivity index (χ1v) is 12.7. The number of aromatic nitrogens is 2. The number of hydrogen-bond donors (Lipinski definition) is 2. The van der Waals surface area contributed by atoms with Gasteiger partial charge in [-0.15, -0.1) is 11.3 Å². The van der Waals surface area contributed by atoms with Crippen LogP contribution in [0.4, 0.5) is 10.9 Å². The number of amides is 1. The molecule has 2 heterocycles. The van der Waals surface area contributed by atoms with E-state index in [2.05, 4.69) is 46.6 Å². The van der Waals surface area contributed by atoms with Gasteiger partial charge in [-0.1, -0.05) is 32.0 Å². The summed E-state index contributed by atoms with van der Waals surface area (Å²) in [7, 11) is 0. The van der Waals surface area contributed by atoms with Crippen LogP contribution in [-0.2, 0) is 6.42 Å². The van der Waals surface area contributed by atoms with Crippen molar-refractivity contribution < 1.29 is 4.79 Å². The van der Waals surface area contributed by atoms with Gasteiger partial charge in [0, 0.05) is 35.8 Å². The quantitative estimate of drug-likeness (QED) is 0.455. The maximum absolute atomic E-state index is 13.1. The second kappa shape index (κ2) is 8.90. The Kier molecular flexibility index (Phi) is 5.95. The van der Waals surface area contributed by atoms with E-state index in [1.807, 2.05) is 37.4 Å². The lowest BCUT2D eigenvalue weighted by atomic mass is 9.45. The number of fused-ring (bicyclic) bond motifs is 2. The molecule has 1 amide bonds. The van der Waals surface area contributed by atoms with Crippen LogP contribution in [0, 0.1) is 30.1 Å². The average Bonchev–Trinajstić information content (AvgIpc) is 3.26. The van der Waals surface area contributed by atoms with Gasteiger partial charge in [0.05, 0.1) is 0 Å². The molecular formula is C27H32N4OS. The average molecular weight is 461 g/mol. The van der Waals surface area contributed by atoms with Crippen molar-refractivity contribution in [2.75, 3.05) is 11.9 Å². The van der Waals surface area contributed by atoms with Gasteiger partial charge >= 0.3 is 0 Å². The van der Waals surface area contributed by atoms with E-state index in [-0.39, 0.29) is 5.91 Å². The fourth-order valence-electron chi connectivity index (χ4n) is 5.74. The van der Waals surface area contributed by atoms with E-state index >= 15 is 0 Å². The number of aryl methyl sites for hydroxylation is 1. The highest BCUT2D eigenvalue weighted by atomic mass is 32.1. The van der Waals surface area contributed by atoms with Crippen LogP contribution >= 0.6 is 11.3 Å². The second-order valence-corrected chi connectivity index (χ2v) is 11.3. The Labute approximate surface area is 200 Å². The van der Waals surface area contributed by atoms with Crippen LogP contribution in [0.25, 0.3) is 0 Å². The van der Waals surface area contributed by atoms with E-state index < -0.39 is 0 Å². The molecule has 3 aliphatic rings. The van der Waals surface area contributed by atoms with E-state index in [4.69, 9.17) is 0 Å². The lowest BCUT2D eigenvalue weighted by Gasteiger charge is -2.60. The van der Waals surface area contributed by atoms with E-state index in [0.717, 1.165) is 57.3 Å². The number of nitrogens with zero attached hydrogens (tertiary/aromatic N) is 2. The molecule has 3 fully saturated rings. The van der Waals surface area contributed by atoms with Gasteiger partial charge in [0.25, 0.3) is 5.91 Å². The molecular weight excluding hydrogens is 428 g/mol. The zero-order chi connectivity index (χ0) is 23.0. The standard InChI is InChI=1S/C27H32N4OS/c1-17-7-8-18(12-21-16-30-26(33-21)31-24-6-4-5-11-28-24)13-22(17)25(32)29-15-19-9-10-20-14-23(19)27(20,2)3/h4-8,11,13,16,19-20,23H,9-10,12,14-15H2,1-3H3,(H,29,32)(H,28,30,31)/t19-,20-,23-/m0/s1. The predicted octanol–water partition coefficient (Wildman–Crippen LogP) is 5.98. The zero-order valence-corrected chi connectivity index (χ0v) is 20.4. The first-order valence-electron chi connectivity index (χ1n) is 11.9. The molecule has 0 unspecified atom stereocenters. The highest BCUT2D eigenvalue weighted by Crippen LogP contribution is 2.61. The topological polar surface area (TPSA) is 66.9 Å². The van der Waals surface area contributed by atoms with Crippen molar-refractivity contribution >= 4 is 28.2 Å². The molecule has 172 valence electrons. The lowest BCUT2D eigenvalue weighted by molar-refractivity contribution is -0.103. The molecule has 0 aliphatic heterocycles. The fourth-order valence-corrected chi connectivity index (χ4v) is 6.60. The summed E-state index contributed by atoms with van der Waals surface area (Å²) >= 11 is 1.61. The number of carbonyl (C=O) groups is 1. The Morgan fingerprint density at radius 2 is 2.06 bits per heavy atom. The maximum atomic E-state index is 13.1. The molecule has 33 heavy (non-hydrogen) atoms. The molecule has 2 aromatic heterocycles. The van der Waals surface area contributed by atoms with Gasteiger partial charge < -0.3 is 10.6 Å². The number of anilines is 2. The molecule has 2 N–H and O–H groups in total. The van der Waals surface area contributed by atoms with Crippen LogP contribution in [0.1, 0.15) is 59.5 Å². The Morgan fingerprint density at radius 1 is 1.18 bits per heavy atom. The minimum atomic E-state index is 0.0513. The third kappa shape index (κ3) is 4.54. The smallest absolute Gasteiger partial charge is 0.251 e. The largest absolute Gasteiger partial charge is 0.352 e. The second-order valence-electron chi connectivity index (χ2n) is 10.2. The molecule has 6 heteroatoms. The van der Waals surface area contributed by atoms with Gasteiger partial charge in [-0.25, -0.2) is 9.97 Å². The van der Waals surface area contributed by atoms with Crippen molar-refractivity contribution in [2.45, 2.75) is 46.5 Å². The van der Waals surface area contributed by atoms with Crippen molar-refractivity contribution in [2.24, 2.45) is 23.2 Å². The number of hydrogen-bond acceptors (Lipinski definition) is 5. The van der Waals surface area contributed by atoms with Crippen molar-refractivity contribution in [3.05, 3.63) is 70.4 Å². The van der Waals surface area contributed by atoms with Crippen LogP contribution in [0.2, 0.25) is 0 Å². The molecule has 3 atom stereocenters. The molecule has 0 spiro atoms. The first-order chi connectivity index (χ1) is 15.9. The summed E-state index contributed by atoms with van der Waals surface area (Å²) < 4.78 is 0. The van der Waals surface area contributed by atoms with Crippen LogP contribution in [0.3, 0.4) is 0 Å². The summed E-state index contributed by atoms with van der Waals surface area (Å²) in [6.45, 7) is 7.62. The number of pyridine rings is 1. The van der Waals surface area contributed by atoms with Gasteiger partial charge in [0.2, 0.25) is 0 Å². The van der Waals surface area contributed by atoms with Crippen molar-refractivity contribution in [1.29, 1.82) is 0 Å². The van der Waals surface area contributed by atoms with Gasteiger partial charge in [-0.2, -0.15) is 0 Å². The minimum Gasteiger partial charge on any atom is -0.352 e. The third-order valence-electron chi connectivity index (χ3n) is 7.90. The van der Waals surface area contributed by atoms with E-state index in [0.29, 0.717) is 11.3 Å². The van der Waals surface area contributed by atoms with Gasteiger partial charge in [-0.05, 0) is 78.7 Å². The number of benzene rings is 1. The van der Waals surface area contributed by atoms with Gasteiger partial charge in [0.15, 0.2) is 5.13 Å². The molecule has 0 saturated heterocycles. The van der Waals surface area contributed by atoms with Crippen molar-refractivity contribution in [1.82, 2.24) is 15.3 Å². The summed E-state index contributed by atoms with van der Waals surface area (Å²) in [5.41, 5.74) is 3.37.